The summed E-state index contributed by atoms with van der Waals surface area (Å²) in [6, 6.07) is 13.6. The van der Waals surface area contributed by atoms with Gasteiger partial charge in [0.2, 0.25) is 0 Å². The second kappa shape index (κ2) is 8.35. The second-order valence-electron chi connectivity index (χ2n) is 6.82. The number of carbonyl (C=O) groups excluding carboxylic acids is 1. The molecule has 4 rings (SSSR count). The van der Waals surface area contributed by atoms with Crippen molar-refractivity contribution in [3.8, 4) is 6.07 Å². The van der Waals surface area contributed by atoms with Gasteiger partial charge in [-0.15, -0.1) is 0 Å². The Bertz CT molecular complexity index is 1030. The molecule has 2 aromatic rings. The van der Waals surface area contributed by atoms with Crippen LogP contribution >= 0.6 is 0 Å². The van der Waals surface area contributed by atoms with Crippen LogP contribution in [0, 0.1) is 17.1 Å². The average Bonchev–Trinajstić information content (AvgIpc) is 3.26. The lowest BCUT2D eigenvalue weighted by Crippen LogP contribution is -2.33. The van der Waals surface area contributed by atoms with Crippen molar-refractivity contribution in [2.24, 2.45) is 4.99 Å². The van der Waals surface area contributed by atoms with Gasteiger partial charge in [-0.3, -0.25) is 9.79 Å². The lowest BCUT2D eigenvalue weighted by Gasteiger charge is -2.24. The number of hydrogen-bond donors (Lipinski definition) is 2. The molecule has 2 aromatic carbocycles. The minimum atomic E-state index is -0.574. The molecular formula is C22H19FN4O2. The SMILES string of the molecule is N#Cc1cc(C2=NCC(C(=O)Nc3ccc([C@H]4CNCCO4)cc3)=C2)ccc1F. The molecule has 0 aromatic heterocycles. The van der Waals surface area contributed by atoms with E-state index in [0.717, 1.165) is 18.7 Å². The van der Waals surface area contributed by atoms with Crippen LogP contribution in [0.2, 0.25) is 0 Å². The van der Waals surface area contributed by atoms with Crippen LogP contribution < -0.4 is 10.6 Å². The zero-order valence-electron chi connectivity index (χ0n) is 15.6. The number of nitrogens with one attached hydrogen (secondary N) is 2. The zero-order valence-corrected chi connectivity index (χ0v) is 15.6. The number of rotatable bonds is 4. The van der Waals surface area contributed by atoms with E-state index < -0.39 is 5.82 Å². The van der Waals surface area contributed by atoms with E-state index >= 15 is 0 Å². The summed E-state index contributed by atoms with van der Waals surface area (Å²) < 4.78 is 19.2. The van der Waals surface area contributed by atoms with Gasteiger partial charge in [0, 0.05) is 29.9 Å². The Morgan fingerprint density at radius 2 is 2.10 bits per heavy atom. The molecule has 2 aliphatic heterocycles. The van der Waals surface area contributed by atoms with Crippen LogP contribution in [0.25, 0.3) is 0 Å². The first-order chi connectivity index (χ1) is 14.1. The number of halogens is 1. The summed E-state index contributed by atoms with van der Waals surface area (Å²) in [6.45, 7) is 2.55. The third-order valence-electron chi connectivity index (χ3n) is 4.87. The van der Waals surface area contributed by atoms with Crippen LogP contribution in [-0.2, 0) is 9.53 Å². The number of morpholine rings is 1. The van der Waals surface area contributed by atoms with Crippen LogP contribution in [0.1, 0.15) is 22.8 Å². The molecule has 29 heavy (non-hydrogen) atoms. The van der Waals surface area contributed by atoms with Gasteiger partial charge in [-0.2, -0.15) is 5.26 Å². The highest BCUT2D eigenvalue weighted by atomic mass is 19.1. The molecule has 1 amide bonds. The maximum absolute atomic E-state index is 13.5. The summed E-state index contributed by atoms with van der Waals surface area (Å²) in [5.41, 5.74) is 3.37. The van der Waals surface area contributed by atoms with Gasteiger partial charge < -0.3 is 15.4 Å². The van der Waals surface area contributed by atoms with E-state index in [-0.39, 0.29) is 24.1 Å². The lowest BCUT2D eigenvalue weighted by molar-refractivity contribution is -0.112. The molecule has 0 bridgehead atoms. The maximum atomic E-state index is 13.5. The predicted octanol–water partition coefficient (Wildman–Crippen LogP) is 2.73. The number of nitrogens with zero attached hydrogens (tertiary/aromatic N) is 2. The number of hydrogen-bond acceptors (Lipinski definition) is 5. The van der Waals surface area contributed by atoms with Crippen LogP contribution in [0.15, 0.2) is 59.1 Å². The van der Waals surface area contributed by atoms with Crippen molar-refractivity contribution in [2.45, 2.75) is 6.10 Å². The molecular weight excluding hydrogens is 371 g/mol. The molecule has 6 nitrogen and oxygen atoms in total. The average molecular weight is 390 g/mol. The molecule has 0 radical (unpaired) electrons. The van der Waals surface area contributed by atoms with Crippen molar-refractivity contribution in [2.75, 3.05) is 31.6 Å². The number of nitriles is 1. The van der Waals surface area contributed by atoms with Gasteiger partial charge in [0.15, 0.2) is 0 Å². The van der Waals surface area contributed by atoms with Crippen LogP contribution in [0.5, 0.6) is 0 Å². The predicted molar refractivity (Wildman–Crippen MR) is 107 cm³/mol. The monoisotopic (exact) mass is 390 g/mol. The molecule has 1 saturated heterocycles. The Morgan fingerprint density at radius 3 is 2.83 bits per heavy atom. The number of carbonyl (C=O) groups is 1. The summed E-state index contributed by atoms with van der Waals surface area (Å²) in [6.07, 6.45) is 1.69. The second-order valence-corrected chi connectivity index (χ2v) is 6.82. The molecule has 7 heteroatoms. The van der Waals surface area contributed by atoms with Crippen LogP contribution in [-0.4, -0.2) is 37.9 Å². The van der Waals surface area contributed by atoms with E-state index in [2.05, 4.69) is 15.6 Å². The first kappa shape index (κ1) is 19.0. The van der Waals surface area contributed by atoms with E-state index in [9.17, 15) is 9.18 Å². The molecule has 0 saturated carbocycles. The molecule has 2 heterocycles. The molecule has 1 atom stereocenters. The van der Waals surface area contributed by atoms with E-state index in [1.165, 1.54) is 12.1 Å². The largest absolute Gasteiger partial charge is 0.371 e. The van der Waals surface area contributed by atoms with Crippen molar-refractivity contribution >= 4 is 17.3 Å². The number of allylic oxidation sites excluding steroid dienone is 1. The van der Waals surface area contributed by atoms with Gasteiger partial charge >= 0.3 is 0 Å². The lowest BCUT2D eigenvalue weighted by atomic mass is 10.1. The number of ether oxygens (including phenoxy) is 1. The summed E-state index contributed by atoms with van der Waals surface area (Å²) in [5, 5.41) is 15.1. The number of anilines is 1. The van der Waals surface area contributed by atoms with E-state index in [4.69, 9.17) is 10.00 Å². The van der Waals surface area contributed by atoms with Gasteiger partial charge in [0.05, 0.1) is 30.5 Å². The molecule has 2 N–H and O–H groups in total. The van der Waals surface area contributed by atoms with Gasteiger partial charge in [-0.05, 0) is 42.0 Å². The molecule has 0 aliphatic carbocycles. The highest BCUT2D eigenvalue weighted by Crippen LogP contribution is 2.22. The first-order valence-electron chi connectivity index (χ1n) is 9.33. The fourth-order valence-electron chi connectivity index (χ4n) is 3.28. The van der Waals surface area contributed by atoms with Crippen LogP contribution in [0.3, 0.4) is 0 Å². The standard InChI is InChI=1S/C22H19FN4O2/c23-19-6-3-15(9-16(19)11-24)20-10-17(12-26-20)22(28)27-18-4-1-14(2-5-18)21-13-25-7-8-29-21/h1-6,9-10,21,25H,7-8,12-13H2,(H,27,28)/t21-/m1/s1. The third-order valence-corrected chi connectivity index (χ3v) is 4.87. The Morgan fingerprint density at radius 1 is 1.28 bits per heavy atom. The van der Waals surface area contributed by atoms with Gasteiger partial charge in [0.25, 0.3) is 5.91 Å². The molecule has 0 spiro atoms. The quantitative estimate of drug-likeness (QED) is 0.841. The van der Waals surface area contributed by atoms with Gasteiger partial charge in [0.1, 0.15) is 11.9 Å². The van der Waals surface area contributed by atoms with Crippen molar-refractivity contribution in [3.63, 3.8) is 0 Å². The normalized spacial score (nSPS) is 18.6. The topological polar surface area (TPSA) is 86.5 Å². The fourth-order valence-corrected chi connectivity index (χ4v) is 3.28. The minimum absolute atomic E-state index is 0.0241. The summed E-state index contributed by atoms with van der Waals surface area (Å²) in [4.78, 5) is 16.9. The Kier molecular flexibility index (Phi) is 5.47. The van der Waals surface area contributed by atoms with Gasteiger partial charge in [-0.1, -0.05) is 12.1 Å². The minimum Gasteiger partial charge on any atom is -0.371 e. The van der Waals surface area contributed by atoms with Gasteiger partial charge in [-0.25, -0.2) is 4.39 Å². The summed E-state index contributed by atoms with van der Waals surface area (Å²) in [7, 11) is 0. The van der Waals surface area contributed by atoms with E-state index in [1.54, 1.807) is 12.1 Å². The first-order valence-corrected chi connectivity index (χ1v) is 9.33. The Hall–Kier alpha value is -3.34. The molecule has 1 fully saturated rings. The highest BCUT2D eigenvalue weighted by Gasteiger charge is 2.19. The maximum Gasteiger partial charge on any atom is 0.253 e. The Balaban J connectivity index is 1.42. The fraction of sp³-hybridized carbons (Fsp3) is 0.227. The van der Waals surface area contributed by atoms with Crippen molar-refractivity contribution in [1.82, 2.24) is 5.32 Å². The van der Waals surface area contributed by atoms with Crippen LogP contribution in [0.4, 0.5) is 10.1 Å². The number of benzene rings is 2. The third kappa shape index (κ3) is 4.24. The van der Waals surface area contributed by atoms with Crippen molar-refractivity contribution in [3.05, 3.63) is 76.6 Å². The Labute approximate surface area is 167 Å². The molecule has 0 unspecified atom stereocenters. The van der Waals surface area contributed by atoms with E-state index in [1.807, 2.05) is 30.3 Å². The highest BCUT2D eigenvalue weighted by molar-refractivity contribution is 6.17. The smallest absolute Gasteiger partial charge is 0.253 e. The molecule has 146 valence electrons. The summed E-state index contributed by atoms with van der Waals surface area (Å²) in [5.74, 6) is -0.815. The zero-order chi connectivity index (χ0) is 20.2. The van der Waals surface area contributed by atoms with Crippen molar-refractivity contribution in [1.29, 1.82) is 5.26 Å². The number of aliphatic imine (C=N–C) groups is 1. The number of amides is 1. The summed E-state index contributed by atoms with van der Waals surface area (Å²) >= 11 is 0. The van der Waals surface area contributed by atoms with E-state index in [0.29, 0.717) is 29.1 Å². The van der Waals surface area contributed by atoms with Crippen molar-refractivity contribution < 1.29 is 13.9 Å². The molecule has 2 aliphatic rings.